The predicted molar refractivity (Wildman–Crippen MR) is 88.0 cm³/mol. The van der Waals surface area contributed by atoms with Gasteiger partial charge in [0.15, 0.2) is 0 Å². The molecule has 1 heterocycles. The highest BCUT2D eigenvalue weighted by Gasteiger charge is 2.25. The van der Waals surface area contributed by atoms with Crippen molar-refractivity contribution in [2.75, 3.05) is 32.0 Å². The fraction of sp³-hybridized carbons (Fsp3) is 0.529. The summed E-state index contributed by atoms with van der Waals surface area (Å²) in [5, 5.41) is 2.80. The Bertz CT molecular complexity index is 544. The minimum absolute atomic E-state index is 0.0374. The van der Waals surface area contributed by atoms with Gasteiger partial charge < -0.3 is 15.1 Å². The first-order chi connectivity index (χ1) is 10.5. The van der Waals surface area contributed by atoms with Crippen molar-refractivity contribution in [1.82, 2.24) is 9.80 Å². The molecular weight excluding hydrogens is 278 g/mol. The molecule has 1 aliphatic rings. The molecule has 5 nitrogen and oxygen atoms in total. The van der Waals surface area contributed by atoms with Crippen molar-refractivity contribution in [3.05, 3.63) is 29.8 Å². The van der Waals surface area contributed by atoms with E-state index in [1.165, 1.54) is 0 Å². The van der Waals surface area contributed by atoms with Gasteiger partial charge in [-0.15, -0.1) is 0 Å². The number of amides is 2. The summed E-state index contributed by atoms with van der Waals surface area (Å²) in [5.41, 5.74) is 1.31. The molecular formula is C17H25N3O2. The highest BCUT2D eigenvalue weighted by atomic mass is 16.2. The van der Waals surface area contributed by atoms with Crippen molar-refractivity contribution < 1.29 is 9.59 Å². The molecule has 22 heavy (non-hydrogen) atoms. The van der Waals surface area contributed by atoms with Crippen molar-refractivity contribution >= 4 is 17.5 Å². The standard InChI is InChI=1S/C17H25N3O2/c1-4-16(21)18-15-8-5-7-14(11-15)17(22)20-10-6-9-19(3)12-13(20)2/h5,7-8,11,13H,4,6,9-10,12H2,1-3H3,(H,18,21)/t13-/m0/s1. The second-order valence-electron chi connectivity index (χ2n) is 5.95. The minimum atomic E-state index is -0.0469. The van der Waals surface area contributed by atoms with Crippen LogP contribution in [0.5, 0.6) is 0 Å². The number of carbonyl (C=O) groups excluding carboxylic acids is 2. The predicted octanol–water partition coefficient (Wildman–Crippen LogP) is 2.20. The molecule has 0 aliphatic carbocycles. The van der Waals surface area contributed by atoms with E-state index in [2.05, 4.69) is 24.2 Å². The Morgan fingerprint density at radius 2 is 2.09 bits per heavy atom. The van der Waals surface area contributed by atoms with E-state index >= 15 is 0 Å². The molecule has 1 aliphatic heterocycles. The molecule has 0 aromatic heterocycles. The van der Waals surface area contributed by atoms with Crippen LogP contribution in [0.2, 0.25) is 0 Å². The fourth-order valence-corrected chi connectivity index (χ4v) is 2.82. The smallest absolute Gasteiger partial charge is 0.254 e. The van der Waals surface area contributed by atoms with Crippen molar-refractivity contribution in [2.45, 2.75) is 32.7 Å². The lowest BCUT2D eigenvalue weighted by atomic mass is 10.1. The normalized spacial score (nSPS) is 19.6. The summed E-state index contributed by atoms with van der Waals surface area (Å²) >= 11 is 0. The lowest BCUT2D eigenvalue weighted by Crippen LogP contribution is -2.42. The van der Waals surface area contributed by atoms with E-state index in [4.69, 9.17) is 0 Å². The average Bonchev–Trinajstić information content (AvgIpc) is 2.67. The van der Waals surface area contributed by atoms with Gasteiger partial charge in [-0.1, -0.05) is 13.0 Å². The average molecular weight is 303 g/mol. The number of hydrogen-bond acceptors (Lipinski definition) is 3. The number of anilines is 1. The van der Waals surface area contributed by atoms with Gasteiger partial charge in [-0.05, 0) is 45.1 Å². The second kappa shape index (κ2) is 7.40. The van der Waals surface area contributed by atoms with E-state index in [0.29, 0.717) is 17.7 Å². The zero-order valence-electron chi connectivity index (χ0n) is 13.6. The second-order valence-corrected chi connectivity index (χ2v) is 5.95. The Hall–Kier alpha value is -1.88. The Morgan fingerprint density at radius 3 is 2.82 bits per heavy atom. The van der Waals surface area contributed by atoms with E-state index < -0.39 is 0 Å². The van der Waals surface area contributed by atoms with Gasteiger partial charge in [-0.2, -0.15) is 0 Å². The molecule has 1 N–H and O–H groups in total. The van der Waals surface area contributed by atoms with Crippen LogP contribution in [0.3, 0.4) is 0 Å². The van der Waals surface area contributed by atoms with Gasteiger partial charge in [0.05, 0.1) is 0 Å². The third-order valence-corrected chi connectivity index (χ3v) is 4.02. The maximum Gasteiger partial charge on any atom is 0.254 e. The lowest BCUT2D eigenvalue weighted by Gasteiger charge is -2.28. The summed E-state index contributed by atoms with van der Waals surface area (Å²) in [6.07, 6.45) is 1.41. The number of benzene rings is 1. The molecule has 0 bridgehead atoms. The Morgan fingerprint density at radius 1 is 1.32 bits per heavy atom. The molecule has 1 saturated heterocycles. The van der Waals surface area contributed by atoms with Crippen LogP contribution in [0, 0.1) is 0 Å². The van der Waals surface area contributed by atoms with E-state index in [0.717, 1.165) is 26.1 Å². The van der Waals surface area contributed by atoms with Gasteiger partial charge >= 0.3 is 0 Å². The molecule has 120 valence electrons. The maximum atomic E-state index is 12.8. The highest BCUT2D eigenvalue weighted by Crippen LogP contribution is 2.17. The van der Waals surface area contributed by atoms with Gasteiger partial charge in [-0.25, -0.2) is 0 Å². The number of carbonyl (C=O) groups is 2. The zero-order chi connectivity index (χ0) is 16.1. The molecule has 1 fully saturated rings. The summed E-state index contributed by atoms with van der Waals surface area (Å²) in [5.74, 6) is -0.00948. The first-order valence-electron chi connectivity index (χ1n) is 7.90. The van der Waals surface area contributed by atoms with Gasteiger partial charge in [0, 0.05) is 36.8 Å². The van der Waals surface area contributed by atoms with Crippen molar-refractivity contribution in [3.8, 4) is 0 Å². The first kappa shape index (κ1) is 16.5. The molecule has 2 rings (SSSR count). The number of hydrogen-bond donors (Lipinski definition) is 1. The van der Waals surface area contributed by atoms with Crippen LogP contribution in [-0.4, -0.2) is 54.3 Å². The van der Waals surface area contributed by atoms with Crippen LogP contribution in [0.25, 0.3) is 0 Å². The monoisotopic (exact) mass is 303 g/mol. The molecule has 0 saturated carbocycles. The fourth-order valence-electron chi connectivity index (χ4n) is 2.82. The third kappa shape index (κ3) is 4.07. The molecule has 1 aromatic carbocycles. The molecule has 0 unspecified atom stereocenters. The van der Waals surface area contributed by atoms with Crippen molar-refractivity contribution in [1.29, 1.82) is 0 Å². The van der Waals surface area contributed by atoms with Gasteiger partial charge in [0.25, 0.3) is 5.91 Å². The lowest BCUT2D eigenvalue weighted by molar-refractivity contribution is -0.115. The summed E-state index contributed by atoms with van der Waals surface area (Å²) in [6.45, 7) is 6.57. The summed E-state index contributed by atoms with van der Waals surface area (Å²) in [7, 11) is 2.09. The third-order valence-electron chi connectivity index (χ3n) is 4.02. The van der Waals surface area contributed by atoms with Crippen LogP contribution in [0.15, 0.2) is 24.3 Å². The molecule has 1 aromatic rings. The molecule has 1 atom stereocenters. The quantitative estimate of drug-likeness (QED) is 0.931. The molecule has 5 heteroatoms. The maximum absolute atomic E-state index is 12.8. The number of likely N-dealkylation sites (N-methyl/N-ethyl adjacent to an activating group) is 1. The van der Waals surface area contributed by atoms with Crippen molar-refractivity contribution in [2.24, 2.45) is 0 Å². The SMILES string of the molecule is CCC(=O)Nc1cccc(C(=O)N2CCCN(C)C[C@@H]2C)c1. The van der Waals surface area contributed by atoms with E-state index in [1.54, 1.807) is 13.0 Å². The Labute approximate surface area is 132 Å². The van der Waals surface area contributed by atoms with Gasteiger partial charge in [0.2, 0.25) is 5.91 Å². The van der Waals surface area contributed by atoms with E-state index in [9.17, 15) is 9.59 Å². The molecule has 0 spiro atoms. The van der Waals surface area contributed by atoms with Crippen LogP contribution >= 0.6 is 0 Å². The summed E-state index contributed by atoms with van der Waals surface area (Å²) < 4.78 is 0. The first-order valence-corrected chi connectivity index (χ1v) is 7.90. The molecule has 0 radical (unpaired) electrons. The minimum Gasteiger partial charge on any atom is -0.335 e. The topological polar surface area (TPSA) is 52.7 Å². The largest absolute Gasteiger partial charge is 0.335 e. The van der Waals surface area contributed by atoms with Crippen LogP contribution in [-0.2, 0) is 4.79 Å². The van der Waals surface area contributed by atoms with E-state index in [-0.39, 0.29) is 17.9 Å². The number of nitrogens with one attached hydrogen (secondary N) is 1. The van der Waals surface area contributed by atoms with Crippen LogP contribution in [0.1, 0.15) is 37.0 Å². The van der Waals surface area contributed by atoms with Gasteiger partial charge in [-0.3, -0.25) is 9.59 Å². The number of nitrogens with zero attached hydrogens (tertiary/aromatic N) is 2. The number of rotatable bonds is 3. The summed E-state index contributed by atoms with van der Waals surface area (Å²) in [6, 6.07) is 7.38. The van der Waals surface area contributed by atoms with Crippen LogP contribution < -0.4 is 5.32 Å². The Balaban J connectivity index is 2.14. The van der Waals surface area contributed by atoms with E-state index in [1.807, 2.05) is 23.1 Å². The van der Waals surface area contributed by atoms with Gasteiger partial charge in [0.1, 0.15) is 0 Å². The molecule has 2 amide bonds. The summed E-state index contributed by atoms with van der Waals surface area (Å²) in [4.78, 5) is 28.5. The Kier molecular flexibility index (Phi) is 5.55. The zero-order valence-corrected chi connectivity index (χ0v) is 13.6. The highest BCUT2D eigenvalue weighted by molar-refractivity contribution is 5.97. The van der Waals surface area contributed by atoms with Crippen LogP contribution in [0.4, 0.5) is 5.69 Å². The van der Waals surface area contributed by atoms with Crippen molar-refractivity contribution in [3.63, 3.8) is 0 Å².